The molecule has 0 saturated carbocycles. The van der Waals surface area contributed by atoms with Crippen LogP contribution in [-0.2, 0) is 9.53 Å². The summed E-state index contributed by atoms with van der Waals surface area (Å²) in [5.74, 6) is -0.0325. The number of esters is 1. The summed E-state index contributed by atoms with van der Waals surface area (Å²) in [6, 6.07) is 0. The normalized spacial score (nSPS) is 38.6. The molecular weight excluding hydrogens is 178 g/mol. The molecule has 2 heterocycles. The number of hydrogen-bond acceptors (Lipinski definition) is 3. The van der Waals surface area contributed by atoms with E-state index < -0.39 is 0 Å². The number of nitrogens with zero attached hydrogens (tertiary/aromatic N) is 1. The Labute approximate surface area is 85.4 Å². The minimum atomic E-state index is -0.335. The lowest BCUT2D eigenvalue weighted by Crippen LogP contribution is -2.47. The van der Waals surface area contributed by atoms with Gasteiger partial charge >= 0.3 is 5.97 Å². The lowest BCUT2D eigenvalue weighted by molar-refractivity contribution is -0.149. The van der Waals surface area contributed by atoms with E-state index >= 15 is 0 Å². The van der Waals surface area contributed by atoms with E-state index in [1.807, 2.05) is 6.92 Å². The zero-order chi connectivity index (χ0) is 10.6. The average molecular weight is 197 g/mol. The van der Waals surface area contributed by atoms with Gasteiger partial charge in [-0.15, -0.1) is 0 Å². The first-order valence-electron chi connectivity index (χ1n) is 5.33. The minimum Gasteiger partial charge on any atom is -0.444 e. The predicted molar refractivity (Wildman–Crippen MR) is 53.7 cm³/mol. The van der Waals surface area contributed by atoms with Gasteiger partial charge in [0.15, 0.2) is 6.23 Å². The molecule has 0 bridgehead atoms. The first-order chi connectivity index (χ1) is 6.36. The standard InChI is InChI=1S/C11H19NO2/c1-10(2,3)8-12-7-5-6-11(12,4)9(13)14-8/h8H,5-7H2,1-4H3/t8-,11+/m1/s1. The Morgan fingerprint density at radius 2 is 2.14 bits per heavy atom. The molecule has 0 amide bonds. The van der Waals surface area contributed by atoms with Crippen molar-refractivity contribution < 1.29 is 9.53 Å². The van der Waals surface area contributed by atoms with E-state index in [2.05, 4.69) is 25.7 Å². The van der Waals surface area contributed by atoms with E-state index in [1.54, 1.807) is 0 Å². The molecular formula is C11H19NO2. The molecule has 0 unspecified atom stereocenters. The van der Waals surface area contributed by atoms with Gasteiger partial charge in [-0.25, -0.2) is 4.79 Å². The molecule has 0 aliphatic carbocycles. The average Bonchev–Trinajstić information content (AvgIpc) is 2.49. The molecule has 80 valence electrons. The fourth-order valence-electron chi connectivity index (χ4n) is 2.52. The van der Waals surface area contributed by atoms with Crippen LogP contribution in [0.3, 0.4) is 0 Å². The molecule has 2 saturated heterocycles. The summed E-state index contributed by atoms with van der Waals surface area (Å²) in [7, 11) is 0. The van der Waals surface area contributed by atoms with Gasteiger partial charge in [-0.1, -0.05) is 20.8 Å². The third-order valence-corrected chi connectivity index (χ3v) is 3.38. The van der Waals surface area contributed by atoms with E-state index in [-0.39, 0.29) is 23.2 Å². The maximum absolute atomic E-state index is 11.8. The molecule has 3 nitrogen and oxygen atoms in total. The second kappa shape index (κ2) is 2.72. The summed E-state index contributed by atoms with van der Waals surface area (Å²) < 4.78 is 5.48. The van der Waals surface area contributed by atoms with E-state index in [1.165, 1.54) is 0 Å². The predicted octanol–water partition coefficient (Wildman–Crippen LogP) is 1.77. The third-order valence-electron chi connectivity index (χ3n) is 3.38. The van der Waals surface area contributed by atoms with E-state index in [9.17, 15) is 4.79 Å². The van der Waals surface area contributed by atoms with Crippen LogP contribution >= 0.6 is 0 Å². The minimum absolute atomic E-state index is 0.0117. The van der Waals surface area contributed by atoms with Gasteiger partial charge in [0.05, 0.1) is 0 Å². The summed E-state index contributed by atoms with van der Waals surface area (Å²) in [5.41, 5.74) is -0.324. The highest BCUT2D eigenvalue weighted by atomic mass is 16.6. The highest BCUT2D eigenvalue weighted by Gasteiger charge is 2.57. The number of rotatable bonds is 0. The van der Waals surface area contributed by atoms with Crippen LogP contribution in [0.15, 0.2) is 0 Å². The lowest BCUT2D eigenvalue weighted by Gasteiger charge is -2.33. The number of fused-ring (bicyclic) bond motifs is 1. The summed E-state index contributed by atoms with van der Waals surface area (Å²) in [6.07, 6.45) is 2.01. The molecule has 0 aromatic heterocycles. The van der Waals surface area contributed by atoms with Crippen LogP contribution in [0, 0.1) is 5.41 Å². The Hall–Kier alpha value is -0.570. The molecule has 2 fully saturated rings. The van der Waals surface area contributed by atoms with Crippen molar-refractivity contribution >= 4 is 5.97 Å². The van der Waals surface area contributed by atoms with Crippen LogP contribution in [0.25, 0.3) is 0 Å². The molecule has 0 spiro atoms. The number of carbonyl (C=O) groups is 1. The zero-order valence-corrected chi connectivity index (χ0v) is 9.46. The molecule has 14 heavy (non-hydrogen) atoms. The second-order valence-electron chi connectivity index (χ2n) is 5.69. The van der Waals surface area contributed by atoms with Crippen molar-refractivity contribution in [3.8, 4) is 0 Å². The molecule has 3 heteroatoms. The molecule has 0 aromatic carbocycles. The van der Waals surface area contributed by atoms with Gasteiger partial charge < -0.3 is 4.74 Å². The fraction of sp³-hybridized carbons (Fsp3) is 0.909. The van der Waals surface area contributed by atoms with Crippen molar-refractivity contribution in [2.75, 3.05) is 6.54 Å². The molecule has 0 radical (unpaired) electrons. The van der Waals surface area contributed by atoms with Crippen LogP contribution in [0.2, 0.25) is 0 Å². The fourth-order valence-corrected chi connectivity index (χ4v) is 2.52. The Bertz CT molecular complexity index is 269. The summed E-state index contributed by atoms with van der Waals surface area (Å²) >= 11 is 0. The van der Waals surface area contributed by atoms with Gasteiger partial charge in [0.2, 0.25) is 0 Å². The molecule has 2 atom stereocenters. The van der Waals surface area contributed by atoms with Gasteiger partial charge in [0.1, 0.15) is 5.54 Å². The van der Waals surface area contributed by atoms with Crippen LogP contribution in [0.5, 0.6) is 0 Å². The third kappa shape index (κ3) is 1.18. The van der Waals surface area contributed by atoms with Crippen LogP contribution < -0.4 is 0 Å². The highest BCUT2D eigenvalue weighted by molar-refractivity contribution is 5.82. The molecule has 2 aliphatic heterocycles. The number of hydrogen-bond donors (Lipinski definition) is 0. The molecule has 0 N–H and O–H groups in total. The monoisotopic (exact) mass is 197 g/mol. The van der Waals surface area contributed by atoms with E-state index in [0.717, 1.165) is 19.4 Å². The first-order valence-corrected chi connectivity index (χ1v) is 5.33. The summed E-state index contributed by atoms with van der Waals surface area (Å²) in [4.78, 5) is 14.0. The zero-order valence-electron chi connectivity index (χ0n) is 9.46. The first kappa shape index (κ1) is 9.97. The van der Waals surface area contributed by atoms with Gasteiger partial charge in [-0.05, 0) is 19.8 Å². The number of ether oxygens (including phenoxy) is 1. The maximum atomic E-state index is 11.8. The number of carbonyl (C=O) groups excluding carboxylic acids is 1. The van der Waals surface area contributed by atoms with Crippen LogP contribution in [0.1, 0.15) is 40.5 Å². The summed E-state index contributed by atoms with van der Waals surface area (Å²) in [6.45, 7) is 9.36. The largest absolute Gasteiger partial charge is 0.444 e. The SMILES string of the molecule is CC(C)(C)[C@H]1OC(=O)[C@]2(C)CCCN12. The Morgan fingerprint density at radius 3 is 2.71 bits per heavy atom. The molecule has 2 rings (SSSR count). The smallest absolute Gasteiger partial charge is 0.327 e. The van der Waals surface area contributed by atoms with Crippen molar-refractivity contribution in [1.82, 2.24) is 4.90 Å². The Kier molecular flexibility index (Phi) is 1.94. The molecule has 0 aromatic rings. The highest BCUT2D eigenvalue weighted by Crippen LogP contribution is 2.43. The van der Waals surface area contributed by atoms with Crippen molar-refractivity contribution in [1.29, 1.82) is 0 Å². The number of cyclic esters (lactones) is 1. The Balaban J connectivity index is 2.30. The van der Waals surface area contributed by atoms with Gasteiger partial charge in [-0.2, -0.15) is 0 Å². The van der Waals surface area contributed by atoms with Crippen LogP contribution in [0.4, 0.5) is 0 Å². The van der Waals surface area contributed by atoms with E-state index in [4.69, 9.17) is 4.74 Å². The van der Waals surface area contributed by atoms with Gasteiger partial charge in [0, 0.05) is 12.0 Å². The van der Waals surface area contributed by atoms with Crippen LogP contribution in [-0.4, -0.2) is 29.2 Å². The lowest BCUT2D eigenvalue weighted by atomic mass is 9.92. The maximum Gasteiger partial charge on any atom is 0.327 e. The van der Waals surface area contributed by atoms with Crippen molar-refractivity contribution in [2.45, 2.75) is 52.3 Å². The quantitative estimate of drug-likeness (QED) is 0.554. The van der Waals surface area contributed by atoms with E-state index in [0.29, 0.717) is 0 Å². The van der Waals surface area contributed by atoms with Crippen molar-refractivity contribution in [2.24, 2.45) is 5.41 Å². The molecule has 2 aliphatic rings. The van der Waals surface area contributed by atoms with Crippen molar-refractivity contribution in [3.05, 3.63) is 0 Å². The van der Waals surface area contributed by atoms with Gasteiger partial charge in [0.25, 0.3) is 0 Å². The van der Waals surface area contributed by atoms with Gasteiger partial charge in [-0.3, -0.25) is 4.90 Å². The Morgan fingerprint density at radius 1 is 1.50 bits per heavy atom. The summed E-state index contributed by atoms with van der Waals surface area (Å²) in [5, 5.41) is 0. The van der Waals surface area contributed by atoms with Crippen molar-refractivity contribution in [3.63, 3.8) is 0 Å². The topological polar surface area (TPSA) is 29.5 Å². The second-order valence-corrected chi connectivity index (χ2v) is 5.69.